The van der Waals surface area contributed by atoms with Crippen LogP contribution in [0, 0.1) is 0 Å². The summed E-state index contributed by atoms with van der Waals surface area (Å²) in [5.74, 6) is -0.578. The number of nitrogens with one attached hydrogen (secondary N) is 2. The number of urea groups is 1. The summed E-state index contributed by atoms with van der Waals surface area (Å²) >= 11 is 12.4. The van der Waals surface area contributed by atoms with Crippen molar-refractivity contribution in [3.05, 3.63) is 57.7 Å². The zero-order valence-corrected chi connectivity index (χ0v) is 13.3. The standard InChI is InChI=1S/C15H14Cl2N2O3/c1-3-7-22-14(20)11-8(2)18-15(21)19-13(11)12-9(16)5-4-6-10(12)17/h3-6,13H,1,7H2,2H3,(H2,18,19,21)/t13-/m0/s1. The first-order chi connectivity index (χ1) is 10.5. The van der Waals surface area contributed by atoms with Crippen LogP contribution in [0.3, 0.4) is 0 Å². The molecule has 5 nitrogen and oxygen atoms in total. The quantitative estimate of drug-likeness (QED) is 0.652. The van der Waals surface area contributed by atoms with E-state index < -0.39 is 18.0 Å². The minimum Gasteiger partial charge on any atom is -0.458 e. The van der Waals surface area contributed by atoms with E-state index in [1.54, 1.807) is 25.1 Å². The highest BCUT2D eigenvalue weighted by molar-refractivity contribution is 6.36. The number of amides is 2. The summed E-state index contributed by atoms with van der Waals surface area (Å²) in [7, 11) is 0. The summed E-state index contributed by atoms with van der Waals surface area (Å²) in [6, 6.07) is 3.73. The number of hydrogen-bond donors (Lipinski definition) is 2. The Bertz CT molecular complexity index is 651. The molecule has 0 aromatic heterocycles. The van der Waals surface area contributed by atoms with Crippen molar-refractivity contribution in [3.8, 4) is 0 Å². The van der Waals surface area contributed by atoms with Gasteiger partial charge in [-0.15, -0.1) is 0 Å². The molecular weight excluding hydrogens is 327 g/mol. The number of halogens is 2. The van der Waals surface area contributed by atoms with Gasteiger partial charge in [-0.05, 0) is 19.1 Å². The molecule has 2 amide bonds. The smallest absolute Gasteiger partial charge is 0.338 e. The molecular formula is C15H14Cl2N2O3. The Morgan fingerprint density at radius 1 is 1.41 bits per heavy atom. The van der Waals surface area contributed by atoms with Gasteiger partial charge in [-0.25, -0.2) is 9.59 Å². The van der Waals surface area contributed by atoms with Gasteiger partial charge in [0.15, 0.2) is 0 Å². The molecule has 0 unspecified atom stereocenters. The van der Waals surface area contributed by atoms with Crippen LogP contribution in [-0.2, 0) is 9.53 Å². The van der Waals surface area contributed by atoms with Crippen LogP contribution in [0.5, 0.6) is 0 Å². The van der Waals surface area contributed by atoms with E-state index in [1.807, 2.05) is 0 Å². The minimum absolute atomic E-state index is 0.0620. The van der Waals surface area contributed by atoms with Crippen LogP contribution in [0.15, 0.2) is 42.1 Å². The van der Waals surface area contributed by atoms with Crippen LogP contribution in [-0.4, -0.2) is 18.6 Å². The zero-order valence-electron chi connectivity index (χ0n) is 11.8. The summed E-state index contributed by atoms with van der Waals surface area (Å²) < 4.78 is 5.08. The van der Waals surface area contributed by atoms with E-state index in [0.29, 0.717) is 21.3 Å². The molecule has 7 heteroatoms. The van der Waals surface area contributed by atoms with Crippen LogP contribution in [0.1, 0.15) is 18.5 Å². The number of esters is 1. The van der Waals surface area contributed by atoms with E-state index >= 15 is 0 Å². The zero-order chi connectivity index (χ0) is 16.3. The molecule has 1 aliphatic rings. The van der Waals surface area contributed by atoms with E-state index in [2.05, 4.69) is 17.2 Å². The average Bonchev–Trinajstić information content (AvgIpc) is 2.44. The molecule has 0 radical (unpaired) electrons. The van der Waals surface area contributed by atoms with Gasteiger partial charge < -0.3 is 15.4 Å². The molecule has 2 N–H and O–H groups in total. The van der Waals surface area contributed by atoms with Crippen molar-refractivity contribution in [1.29, 1.82) is 0 Å². The second-order valence-corrected chi connectivity index (χ2v) is 5.41. The lowest BCUT2D eigenvalue weighted by Crippen LogP contribution is -2.45. The molecule has 0 fully saturated rings. The highest BCUT2D eigenvalue weighted by atomic mass is 35.5. The fourth-order valence-corrected chi connectivity index (χ4v) is 2.80. The highest BCUT2D eigenvalue weighted by Gasteiger charge is 2.34. The summed E-state index contributed by atoms with van der Waals surface area (Å²) in [5.41, 5.74) is 1.08. The predicted octanol–water partition coefficient (Wildman–Crippen LogP) is 3.35. The lowest BCUT2D eigenvalue weighted by molar-refractivity contribution is -0.138. The molecule has 1 atom stereocenters. The van der Waals surface area contributed by atoms with Gasteiger partial charge in [0.25, 0.3) is 0 Å². The first-order valence-corrected chi connectivity index (χ1v) is 7.21. The molecule has 0 aliphatic carbocycles. The second kappa shape index (κ2) is 6.85. The summed E-state index contributed by atoms with van der Waals surface area (Å²) in [6.07, 6.45) is 1.46. The number of carbonyl (C=O) groups excluding carboxylic acids is 2. The van der Waals surface area contributed by atoms with Gasteiger partial charge in [0.05, 0.1) is 11.6 Å². The van der Waals surface area contributed by atoms with E-state index in [-0.39, 0.29) is 12.2 Å². The van der Waals surface area contributed by atoms with Crippen LogP contribution < -0.4 is 10.6 Å². The maximum Gasteiger partial charge on any atom is 0.338 e. The maximum atomic E-state index is 12.3. The monoisotopic (exact) mass is 340 g/mol. The van der Waals surface area contributed by atoms with Crippen LogP contribution in [0.25, 0.3) is 0 Å². The van der Waals surface area contributed by atoms with Crippen LogP contribution >= 0.6 is 23.2 Å². The van der Waals surface area contributed by atoms with Crippen molar-refractivity contribution in [3.63, 3.8) is 0 Å². The SMILES string of the molecule is C=CCOC(=O)C1=C(C)NC(=O)N[C@@H]1c1c(Cl)cccc1Cl. The van der Waals surface area contributed by atoms with Gasteiger partial charge in [0.1, 0.15) is 6.61 Å². The van der Waals surface area contributed by atoms with Crippen molar-refractivity contribution in [2.24, 2.45) is 0 Å². The highest BCUT2D eigenvalue weighted by Crippen LogP contribution is 2.36. The summed E-state index contributed by atoms with van der Waals surface area (Å²) in [4.78, 5) is 24.0. The third-order valence-electron chi connectivity index (χ3n) is 3.11. The van der Waals surface area contributed by atoms with E-state index in [0.717, 1.165) is 0 Å². The molecule has 1 aliphatic heterocycles. The maximum absolute atomic E-state index is 12.3. The number of hydrogen-bond acceptors (Lipinski definition) is 3. The third-order valence-corrected chi connectivity index (χ3v) is 3.77. The number of allylic oxidation sites excluding steroid dienone is 1. The fourth-order valence-electron chi connectivity index (χ4n) is 2.18. The topological polar surface area (TPSA) is 67.4 Å². The molecule has 1 aromatic rings. The van der Waals surface area contributed by atoms with Gasteiger partial charge in [0.2, 0.25) is 0 Å². The van der Waals surface area contributed by atoms with E-state index in [9.17, 15) is 9.59 Å². The normalized spacial score (nSPS) is 17.6. The fraction of sp³-hybridized carbons (Fsp3) is 0.200. The molecule has 0 saturated heterocycles. The van der Waals surface area contributed by atoms with Crippen molar-refractivity contribution in [2.75, 3.05) is 6.61 Å². The Labute approximate surface area is 137 Å². The van der Waals surface area contributed by atoms with Gasteiger partial charge in [-0.1, -0.05) is 41.9 Å². The van der Waals surface area contributed by atoms with Gasteiger partial charge in [-0.2, -0.15) is 0 Å². The van der Waals surface area contributed by atoms with Crippen LogP contribution in [0.4, 0.5) is 4.79 Å². The van der Waals surface area contributed by atoms with E-state index in [4.69, 9.17) is 27.9 Å². The van der Waals surface area contributed by atoms with Crippen molar-refractivity contribution < 1.29 is 14.3 Å². The first kappa shape index (κ1) is 16.4. The molecule has 1 heterocycles. The Hall–Kier alpha value is -1.98. The number of rotatable bonds is 4. The van der Waals surface area contributed by atoms with Crippen molar-refractivity contribution in [1.82, 2.24) is 10.6 Å². The Kier molecular flexibility index (Phi) is 5.11. The number of ether oxygens (including phenoxy) is 1. The molecule has 2 rings (SSSR count). The molecule has 0 bridgehead atoms. The Balaban J connectivity index is 2.51. The van der Waals surface area contributed by atoms with Gasteiger partial charge in [-0.3, -0.25) is 0 Å². The lowest BCUT2D eigenvalue weighted by Gasteiger charge is -2.29. The van der Waals surface area contributed by atoms with E-state index in [1.165, 1.54) is 6.08 Å². The number of benzene rings is 1. The lowest BCUT2D eigenvalue weighted by atomic mass is 9.95. The molecule has 0 spiro atoms. The second-order valence-electron chi connectivity index (χ2n) is 4.59. The first-order valence-electron chi connectivity index (χ1n) is 6.46. The summed E-state index contributed by atoms with van der Waals surface area (Å²) in [5, 5.41) is 5.89. The number of carbonyl (C=O) groups is 2. The Morgan fingerprint density at radius 3 is 2.64 bits per heavy atom. The molecule has 0 saturated carbocycles. The summed E-state index contributed by atoms with van der Waals surface area (Å²) in [6.45, 7) is 5.17. The minimum atomic E-state index is -0.785. The largest absolute Gasteiger partial charge is 0.458 e. The van der Waals surface area contributed by atoms with Gasteiger partial charge >= 0.3 is 12.0 Å². The Morgan fingerprint density at radius 2 is 2.05 bits per heavy atom. The molecule has 22 heavy (non-hydrogen) atoms. The van der Waals surface area contributed by atoms with Crippen LogP contribution in [0.2, 0.25) is 10.0 Å². The predicted molar refractivity (Wildman–Crippen MR) is 84.7 cm³/mol. The molecule has 116 valence electrons. The average molecular weight is 341 g/mol. The van der Waals surface area contributed by atoms with Gasteiger partial charge in [0, 0.05) is 21.3 Å². The van der Waals surface area contributed by atoms with Crippen molar-refractivity contribution >= 4 is 35.2 Å². The third kappa shape index (κ3) is 3.26. The molecule has 1 aromatic carbocycles. The van der Waals surface area contributed by atoms with Crippen molar-refractivity contribution in [2.45, 2.75) is 13.0 Å².